The quantitative estimate of drug-likeness (QED) is 0.822. The summed E-state index contributed by atoms with van der Waals surface area (Å²) in [5.41, 5.74) is 1.13. The highest BCUT2D eigenvalue weighted by Gasteiger charge is 2.13. The molecular formula is C14H20ClNO. The van der Waals surface area contributed by atoms with Gasteiger partial charge >= 0.3 is 0 Å². The van der Waals surface area contributed by atoms with E-state index in [-0.39, 0.29) is 12.4 Å². The van der Waals surface area contributed by atoms with Crippen LogP contribution < -0.4 is 0 Å². The lowest BCUT2D eigenvalue weighted by atomic mass is 10.1. The predicted molar refractivity (Wildman–Crippen MR) is 72.7 cm³/mol. The van der Waals surface area contributed by atoms with Crippen molar-refractivity contribution in [2.45, 2.75) is 25.7 Å². The van der Waals surface area contributed by atoms with Crippen LogP contribution in [-0.4, -0.2) is 30.3 Å². The van der Waals surface area contributed by atoms with Crippen molar-refractivity contribution < 1.29 is 4.79 Å². The maximum absolute atomic E-state index is 11.8. The van der Waals surface area contributed by atoms with E-state index in [0.717, 1.165) is 18.7 Å². The second-order valence-corrected chi connectivity index (χ2v) is 4.54. The molecule has 17 heavy (non-hydrogen) atoms. The van der Waals surface area contributed by atoms with Crippen LogP contribution in [0.25, 0.3) is 0 Å². The van der Waals surface area contributed by atoms with Crippen LogP contribution in [0.5, 0.6) is 0 Å². The number of likely N-dealkylation sites (tertiary alicyclic amines) is 1. The van der Waals surface area contributed by atoms with Crippen molar-refractivity contribution in [1.82, 2.24) is 4.90 Å². The van der Waals surface area contributed by atoms with Gasteiger partial charge in [0.05, 0.1) is 6.54 Å². The van der Waals surface area contributed by atoms with Crippen LogP contribution in [0, 0.1) is 0 Å². The van der Waals surface area contributed by atoms with Gasteiger partial charge in [-0.05, 0) is 31.5 Å². The highest BCUT2D eigenvalue weighted by atomic mass is 35.5. The maximum atomic E-state index is 11.8. The normalized spacial score (nSPS) is 16.2. The van der Waals surface area contributed by atoms with Gasteiger partial charge in [-0.3, -0.25) is 9.69 Å². The monoisotopic (exact) mass is 253 g/mol. The number of ketones is 1. The number of benzene rings is 1. The van der Waals surface area contributed by atoms with Gasteiger partial charge in [-0.15, -0.1) is 12.4 Å². The van der Waals surface area contributed by atoms with Crippen molar-refractivity contribution in [2.24, 2.45) is 0 Å². The molecule has 0 radical (unpaired) electrons. The van der Waals surface area contributed by atoms with Crippen LogP contribution in [0.2, 0.25) is 0 Å². The van der Waals surface area contributed by atoms with Crippen LogP contribution in [-0.2, 0) is 11.2 Å². The second-order valence-electron chi connectivity index (χ2n) is 4.54. The lowest BCUT2D eigenvalue weighted by Gasteiger charge is -2.25. The standard InChI is InChI=1S/C14H19NO.ClH/c16-14(11-13-7-3-1-4-8-13)12-15-9-5-2-6-10-15;/h1,3-4,7-8H,2,5-6,9-12H2;1H. The molecule has 0 saturated carbocycles. The number of halogens is 1. The number of piperidine rings is 1. The maximum Gasteiger partial charge on any atom is 0.151 e. The van der Waals surface area contributed by atoms with Gasteiger partial charge in [0.15, 0.2) is 5.78 Å². The summed E-state index contributed by atoms with van der Waals surface area (Å²) < 4.78 is 0. The molecule has 2 rings (SSSR count). The van der Waals surface area contributed by atoms with Gasteiger partial charge in [-0.1, -0.05) is 36.8 Å². The first-order chi connectivity index (χ1) is 7.84. The summed E-state index contributed by atoms with van der Waals surface area (Å²) in [6, 6.07) is 10.0. The molecule has 1 aromatic carbocycles. The minimum atomic E-state index is 0. The topological polar surface area (TPSA) is 20.3 Å². The highest BCUT2D eigenvalue weighted by Crippen LogP contribution is 2.09. The fourth-order valence-electron chi connectivity index (χ4n) is 2.25. The molecule has 0 aromatic heterocycles. The predicted octanol–water partition coefficient (Wildman–Crippen LogP) is 2.71. The zero-order chi connectivity index (χ0) is 11.2. The Morgan fingerprint density at radius 3 is 2.35 bits per heavy atom. The summed E-state index contributed by atoms with van der Waals surface area (Å²) >= 11 is 0. The van der Waals surface area contributed by atoms with E-state index in [0.29, 0.717) is 18.7 Å². The Morgan fingerprint density at radius 1 is 1.06 bits per heavy atom. The van der Waals surface area contributed by atoms with Crippen molar-refractivity contribution in [2.75, 3.05) is 19.6 Å². The first kappa shape index (κ1) is 14.2. The zero-order valence-electron chi connectivity index (χ0n) is 10.1. The summed E-state index contributed by atoms with van der Waals surface area (Å²) in [7, 11) is 0. The molecule has 0 amide bonds. The molecule has 2 nitrogen and oxygen atoms in total. The van der Waals surface area contributed by atoms with Crippen LogP contribution in [0.4, 0.5) is 0 Å². The summed E-state index contributed by atoms with van der Waals surface area (Å²) in [5, 5.41) is 0. The Morgan fingerprint density at radius 2 is 1.71 bits per heavy atom. The number of carbonyl (C=O) groups excluding carboxylic acids is 1. The third-order valence-electron chi connectivity index (χ3n) is 3.09. The van der Waals surface area contributed by atoms with Crippen molar-refractivity contribution in [1.29, 1.82) is 0 Å². The van der Waals surface area contributed by atoms with Crippen molar-refractivity contribution in [3.63, 3.8) is 0 Å². The lowest BCUT2D eigenvalue weighted by molar-refractivity contribution is -0.119. The number of rotatable bonds is 4. The molecule has 1 fully saturated rings. The van der Waals surface area contributed by atoms with Crippen molar-refractivity contribution >= 4 is 18.2 Å². The Balaban J connectivity index is 0.00000144. The first-order valence-corrected chi connectivity index (χ1v) is 6.12. The van der Waals surface area contributed by atoms with Gasteiger partial charge in [-0.25, -0.2) is 0 Å². The Kier molecular flexibility index (Phi) is 6.23. The Hall–Kier alpha value is -0.860. The molecular weight excluding hydrogens is 234 g/mol. The molecule has 0 spiro atoms. The average Bonchev–Trinajstić information content (AvgIpc) is 2.31. The number of nitrogens with zero attached hydrogens (tertiary/aromatic N) is 1. The van der Waals surface area contributed by atoms with E-state index in [4.69, 9.17) is 0 Å². The van der Waals surface area contributed by atoms with Gasteiger partial charge < -0.3 is 0 Å². The highest BCUT2D eigenvalue weighted by molar-refractivity contribution is 5.85. The van der Waals surface area contributed by atoms with Crippen LogP contribution in [0.3, 0.4) is 0 Å². The summed E-state index contributed by atoms with van der Waals surface area (Å²) in [5.74, 6) is 0.341. The Bertz CT molecular complexity index is 333. The molecule has 94 valence electrons. The summed E-state index contributed by atoms with van der Waals surface area (Å²) in [4.78, 5) is 14.1. The first-order valence-electron chi connectivity index (χ1n) is 6.12. The molecule has 0 unspecified atom stereocenters. The van der Waals surface area contributed by atoms with Gasteiger partial charge in [0.1, 0.15) is 0 Å². The van der Waals surface area contributed by atoms with Crippen LogP contribution in [0.15, 0.2) is 30.3 Å². The van der Waals surface area contributed by atoms with E-state index >= 15 is 0 Å². The minimum absolute atomic E-state index is 0. The van der Waals surface area contributed by atoms with Crippen LogP contribution >= 0.6 is 12.4 Å². The van der Waals surface area contributed by atoms with E-state index < -0.39 is 0 Å². The molecule has 0 atom stereocenters. The summed E-state index contributed by atoms with van der Waals surface area (Å²) in [6.45, 7) is 2.83. The van der Waals surface area contributed by atoms with E-state index in [2.05, 4.69) is 4.90 Å². The van der Waals surface area contributed by atoms with E-state index in [1.54, 1.807) is 0 Å². The molecule has 1 aliphatic rings. The minimum Gasteiger partial charge on any atom is -0.298 e. The molecule has 0 aliphatic carbocycles. The molecule has 1 heterocycles. The van der Waals surface area contributed by atoms with E-state index in [9.17, 15) is 4.79 Å². The zero-order valence-corrected chi connectivity index (χ0v) is 10.9. The fraction of sp³-hybridized carbons (Fsp3) is 0.500. The fourth-order valence-corrected chi connectivity index (χ4v) is 2.25. The lowest BCUT2D eigenvalue weighted by Crippen LogP contribution is -2.35. The van der Waals surface area contributed by atoms with Gasteiger partial charge in [0, 0.05) is 6.42 Å². The molecule has 3 heteroatoms. The molecule has 1 saturated heterocycles. The molecule has 0 N–H and O–H groups in total. The van der Waals surface area contributed by atoms with E-state index in [1.807, 2.05) is 30.3 Å². The van der Waals surface area contributed by atoms with E-state index in [1.165, 1.54) is 19.3 Å². The third-order valence-corrected chi connectivity index (χ3v) is 3.09. The molecule has 1 aliphatic heterocycles. The number of hydrogen-bond donors (Lipinski definition) is 0. The largest absolute Gasteiger partial charge is 0.298 e. The van der Waals surface area contributed by atoms with Crippen LogP contribution in [0.1, 0.15) is 24.8 Å². The third kappa shape index (κ3) is 4.88. The number of hydrogen-bond acceptors (Lipinski definition) is 2. The Labute approximate surface area is 109 Å². The molecule has 0 bridgehead atoms. The SMILES string of the molecule is Cl.O=C(Cc1ccccc1)CN1CCCCC1. The number of Topliss-reactive ketones (excluding diaryl/α,β-unsaturated/α-hetero) is 1. The van der Waals surface area contributed by atoms with Crippen molar-refractivity contribution in [3.8, 4) is 0 Å². The average molecular weight is 254 g/mol. The second kappa shape index (κ2) is 7.46. The molecule has 1 aromatic rings. The number of carbonyl (C=O) groups is 1. The van der Waals surface area contributed by atoms with Gasteiger partial charge in [0.2, 0.25) is 0 Å². The van der Waals surface area contributed by atoms with Gasteiger partial charge in [-0.2, -0.15) is 0 Å². The van der Waals surface area contributed by atoms with Gasteiger partial charge in [0.25, 0.3) is 0 Å². The smallest absolute Gasteiger partial charge is 0.151 e. The summed E-state index contributed by atoms with van der Waals surface area (Å²) in [6.07, 6.45) is 4.40. The van der Waals surface area contributed by atoms with Crippen molar-refractivity contribution in [3.05, 3.63) is 35.9 Å².